The lowest BCUT2D eigenvalue weighted by Gasteiger charge is -2.39. The van der Waals surface area contributed by atoms with Crippen LogP contribution in [-0.2, 0) is 4.79 Å². The van der Waals surface area contributed by atoms with Gasteiger partial charge in [0.15, 0.2) is 0 Å². The van der Waals surface area contributed by atoms with E-state index in [0.717, 1.165) is 43.8 Å². The quantitative estimate of drug-likeness (QED) is 0.806. The molecule has 0 aromatic rings. The molecule has 20 heavy (non-hydrogen) atoms. The minimum Gasteiger partial charge on any atom is -0.339 e. The highest BCUT2D eigenvalue weighted by Gasteiger charge is 2.44. The summed E-state index contributed by atoms with van der Waals surface area (Å²) in [5.41, 5.74) is 0. The fourth-order valence-corrected chi connectivity index (χ4v) is 5.35. The summed E-state index contributed by atoms with van der Waals surface area (Å²) in [5, 5.41) is 3.40. The summed E-state index contributed by atoms with van der Waals surface area (Å²) in [6.45, 7) is 3.09. The van der Waals surface area contributed by atoms with Crippen LogP contribution < -0.4 is 5.32 Å². The first kappa shape index (κ1) is 14.6. The van der Waals surface area contributed by atoms with E-state index < -0.39 is 0 Å². The van der Waals surface area contributed by atoms with Crippen LogP contribution >= 0.6 is 12.4 Å². The van der Waals surface area contributed by atoms with Crippen LogP contribution in [0.1, 0.15) is 44.9 Å². The maximum absolute atomic E-state index is 12.9. The first-order valence-corrected chi connectivity index (χ1v) is 8.31. The molecule has 3 heterocycles. The van der Waals surface area contributed by atoms with Crippen LogP contribution in [-0.4, -0.2) is 36.5 Å². The Bertz CT molecular complexity index is 355. The highest BCUT2D eigenvalue weighted by Crippen LogP contribution is 2.47. The summed E-state index contributed by atoms with van der Waals surface area (Å²) in [6, 6.07) is 0.589. The van der Waals surface area contributed by atoms with Crippen molar-refractivity contribution >= 4 is 18.3 Å². The van der Waals surface area contributed by atoms with Gasteiger partial charge >= 0.3 is 0 Å². The Kier molecular flexibility index (Phi) is 4.28. The zero-order chi connectivity index (χ0) is 12.8. The number of hydrogen-bond acceptors (Lipinski definition) is 2. The second-order valence-electron chi connectivity index (χ2n) is 7.46. The number of carbonyl (C=O) groups is 1. The molecular weight excluding hydrogens is 272 g/mol. The van der Waals surface area contributed by atoms with Crippen LogP contribution in [0.15, 0.2) is 0 Å². The molecule has 0 aromatic heterocycles. The fourth-order valence-electron chi connectivity index (χ4n) is 5.35. The average Bonchev–Trinajstić information content (AvgIpc) is 2.63. The summed E-state index contributed by atoms with van der Waals surface area (Å²) in [7, 11) is 0. The molecule has 0 radical (unpaired) electrons. The zero-order valence-corrected chi connectivity index (χ0v) is 13.0. The van der Waals surface area contributed by atoms with Crippen LogP contribution in [0.2, 0.25) is 0 Å². The molecule has 3 aliphatic heterocycles. The zero-order valence-electron chi connectivity index (χ0n) is 12.2. The number of nitrogens with one attached hydrogen (secondary N) is 1. The summed E-state index contributed by atoms with van der Waals surface area (Å²) in [5.74, 6) is 3.43. The third-order valence-electron chi connectivity index (χ3n) is 6.04. The van der Waals surface area contributed by atoms with Crippen molar-refractivity contribution in [2.45, 2.75) is 51.0 Å². The number of amides is 1. The number of rotatable bonds is 1. The van der Waals surface area contributed by atoms with Crippen LogP contribution in [0.5, 0.6) is 0 Å². The molecule has 3 saturated heterocycles. The van der Waals surface area contributed by atoms with E-state index in [9.17, 15) is 4.79 Å². The minimum atomic E-state index is 0. The standard InChI is InChI=1S/C16H26N2O.ClH/c19-16(14-2-1-3-17-9-14)18-10-13-5-11-4-12(6-13)8-15(18)7-11;/h11-15,17H,1-10H2;1H. The number of fused-ring (bicyclic) bond motifs is 1. The van der Waals surface area contributed by atoms with Crippen molar-refractivity contribution in [1.29, 1.82) is 0 Å². The molecule has 5 rings (SSSR count). The first-order chi connectivity index (χ1) is 9.29. The van der Waals surface area contributed by atoms with Gasteiger partial charge in [-0.05, 0) is 69.2 Å². The van der Waals surface area contributed by atoms with Crippen LogP contribution in [0, 0.1) is 23.7 Å². The highest BCUT2D eigenvalue weighted by atomic mass is 35.5. The van der Waals surface area contributed by atoms with Gasteiger partial charge in [0.25, 0.3) is 0 Å². The van der Waals surface area contributed by atoms with E-state index in [0.29, 0.717) is 11.9 Å². The molecule has 5 aliphatic rings. The first-order valence-electron chi connectivity index (χ1n) is 8.31. The summed E-state index contributed by atoms with van der Waals surface area (Å²) >= 11 is 0. The molecule has 4 bridgehead atoms. The van der Waals surface area contributed by atoms with Crippen LogP contribution in [0.4, 0.5) is 0 Å². The molecule has 3 atom stereocenters. The molecule has 1 amide bonds. The van der Waals surface area contributed by atoms with E-state index in [1.54, 1.807) is 0 Å². The third-order valence-corrected chi connectivity index (χ3v) is 6.04. The molecule has 2 aliphatic carbocycles. The largest absolute Gasteiger partial charge is 0.339 e. The predicted octanol–water partition coefficient (Wildman–Crippen LogP) is 2.44. The van der Waals surface area contributed by atoms with E-state index in [2.05, 4.69) is 10.2 Å². The summed E-state index contributed by atoms with van der Waals surface area (Å²) in [6.07, 6.45) is 9.15. The topological polar surface area (TPSA) is 32.3 Å². The van der Waals surface area contributed by atoms with Gasteiger partial charge in [-0.3, -0.25) is 4.79 Å². The Hall–Kier alpha value is -0.280. The molecule has 3 unspecified atom stereocenters. The average molecular weight is 299 g/mol. The van der Waals surface area contributed by atoms with Crippen molar-refractivity contribution in [3.63, 3.8) is 0 Å². The number of hydrogen-bond donors (Lipinski definition) is 1. The van der Waals surface area contributed by atoms with Gasteiger partial charge < -0.3 is 10.2 Å². The molecule has 3 nitrogen and oxygen atoms in total. The summed E-state index contributed by atoms with van der Waals surface area (Å²) < 4.78 is 0. The van der Waals surface area contributed by atoms with Crippen molar-refractivity contribution < 1.29 is 4.79 Å². The molecule has 0 spiro atoms. The Morgan fingerprint density at radius 2 is 1.70 bits per heavy atom. The van der Waals surface area contributed by atoms with Crippen LogP contribution in [0.3, 0.4) is 0 Å². The van der Waals surface area contributed by atoms with Crippen LogP contribution in [0.25, 0.3) is 0 Å². The number of nitrogens with zero attached hydrogens (tertiary/aromatic N) is 1. The van der Waals surface area contributed by atoms with Gasteiger partial charge in [0, 0.05) is 19.1 Å². The van der Waals surface area contributed by atoms with Gasteiger partial charge in [-0.15, -0.1) is 12.4 Å². The van der Waals surface area contributed by atoms with Gasteiger partial charge in [-0.25, -0.2) is 0 Å². The molecular formula is C16H27ClN2O. The van der Waals surface area contributed by atoms with Gasteiger partial charge in [0.1, 0.15) is 0 Å². The number of piperidine rings is 1. The number of halogens is 1. The van der Waals surface area contributed by atoms with E-state index >= 15 is 0 Å². The smallest absolute Gasteiger partial charge is 0.227 e. The minimum absolute atomic E-state index is 0. The Labute approximate surface area is 128 Å². The lowest BCUT2D eigenvalue weighted by molar-refractivity contribution is -0.139. The molecule has 1 N–H and O–H groups in total. The monoisotopic (exact) mass is 298 g/mol. The fraction of sp³-hybridized carbons (Fsp3) is 0.938. The molecule has 0 aromatic carbocycles. The Balaban J connectivity index is 0.00000121. The molecule has 2 saturated carbocycles. The maximum atomic E-state index is 12.9. The van der Waals surface area contributed by atoms with Gasteiger partial charge in [-0.1, -0.05) is 0 Å². The van der Waals surface area contributed by atoms with E-state index in [1.807, 2.05) is 0 Å². The van der Waals surface area contributed by atoms with Crippen molar-refractivity contribution in [3.05, 3.63) is 0 Å². The van der Waals surface area contributed by atoms with Crippen molar-refractivity contribution in [3.8, 4) is 0 Å². The molecule has 5 fully saturated rings. The SMILES string of the molecule is Cl.O=C(C1CCCNC1)N1CC2CC3CC(C2)CC1C3. The summed E-state index contributed by atoms with van der Waals surface area (Å²) in [4.78, 5) is 15.2. The maximum Gasteiger partial charge on any atom is 0.227 e. The highest BCUT2D eigenvalue weighted by molar-refractivity contribution is 5.85. The van der Waals surface area contributed by atoms with Crippen molar-refractivity contribution in [1.82, 2.24) is 10.2 Å². The predicted molar refractivity (Wildman–Crippen MR) is 81.9 cm³/mol. The van der Waals surface area contributed by atoms with E-state index in [1.165, 1.54) is 38.5 Å². The second-order valence-corrected chi connectivity index (χ2v) is 7.46. The third kappa shape index (κ3) is 2.59. The number of carbonyl (C=O) groups excluding carboxylic acids is 1. The molecule has 4 heteroatoms. The molecule has 114 valence electrons. The van der Waals surface area contributed by atoms with E-state index in [-0.39, 0.29) is 18.3 Å². The van der Waals surface area contributed by atoms with E-state index in [4.69, 9.17) is 0 Å². The normalized spacial score (nSPS) is 43.0. The van der Waals surface area contributed by atoms with Crippen molar-refractivity contribution in [2.24, 2.45) is 23.7 Å². The Morgan fingerprint density at radius 1 is 1.00 bits per heavy atom. The lowest BCUT2D eigenvalue weighted by Crippen LogP contribution is -2.48. The van der Waals surface area contributed by atoms with Gasteiger partial charge in [0.05, 0.1) is 5.92 Å². The van der Waals surface area contributed by atoms with Crippen molar-refractivity contribution in [2.75, 3.05) is 19.6 Å². The Morgan fingerprint density at radius 3 is 2.35 bits per heavy atom. The second kappa shape index (κ2) is 5.84. The van der Waals surface area contributed by atoms with Gasteiger partial charge in [-0.2, -0.15) is 0 Å². The lowest BCUT2D eigenvalue weighted by atomic mass is 9.68. The van der Waals surface area contributed by atoms with Gasteiger partial charge in [0.2, 0.25) is 5.91 Å².